The molecule has 0 spiro atoms. The summed E-state index contributed by atoms with van der Waals surface area (Å²) >= 11 is 0. The number of imidazole rings is 1. The Labute approximate surface area is 260 Å². The van der Waals surface area contributed by atoms with Crippen molar-refractivity contribution in [2.24, 2.45) is 0 Å². The molecule has 0 aliphatic carbocycles. The molecule has 228 valence electrons. The third kappa shape index (κ3) is 7.58. The summed E-state index contributed by atoms with van der Waals surface area (Å²) in [6.45, 7) is 3.75. The smallest absolute Gasteiger partial charge is 0.216 e. The van der Waals surface area contributed by atoms with Gasteiger partial charge in [-0.25, -0.2) is 14.4 Å². The fourth-order valence-electron chi connectivity index (χ4n) is 4.93. The van der Waals surface area contributed by atoms with Gasteiger partial charge in [0.05, 0.1) is 41.0 Å². The minimum atomic E-state index is -0.501. The van der Waals surface area contributed by atoms with E-state index >= 15 is 0 Å². The van der Waals surface area contributed by atoms with Crippen molar-refractivity contribution in [3.05, 3.63) is 113 Å². The molecule has 3 aromatic carbocycles. The van der Waals surface area contributed by atoms with E-state index in [1.807, 2.05) is 59.2 Å². The van der Waals surface area contributed by atoms with E-state index in [0.717, 1.165) is 28.0 Å². The van der Waals surface area contributed by atoms with E-state index in [4.69, 9.17) is 19.7 Å². The predicted molar refractivity (Wildman–Crippen MR) is 167 cm³/mol. The number of Topliss-reactive ketones (excluding diaryl/α,β-unsaturated/α-hetero) is 1. The molecule has 0 aliphatic rings. The number of methoxy groups -OCH3 is 1. The van der Waals surface area contributed by atoms with Crippen molar-refractivity contribution < 1.29 is 23.5 Å². The van der Waals surface area contributed by atoms with Crippen LogP contribution in [0, 0.1) is 17.1 Å². The molecule has 1 atom stereocenters. The lowest BCUT2D eigenvalue weighted by Gasteiger charge is -2.19. The molecule has 2 aromatic heterocycles. The van der Waals surface area contributed by atoms with Gasteiger partial charge < -0.3 is 19.4 Å². The molecule has 45 heavy (non-hydrogen) atoms. The summed E-state index contributed by atoms with van der Waals surface area (Å²) in [5, 5.41) is 11.8. The van der Waals surface area contributed by atoms with Gasteiger partial charge in [0.15, 0.2) is 5.78 Å². The second-order valence-electron chi connectivity index (χ2n) is 10.6. The summed E-state index contributed by atoms with van der Waals surface area (Å²) in [5.41, 5.74) is 5.36. The average Bonchev–Trinajstić information content (AvgIpc) is 3.38. The van der Waals surface area contributed by atoms with Crippen molar-refractivity contribution in [1.29, 1.82) is 5.26 Å². The maximum absolute atomic E-state index is 14.3. The Kier molecular flexibility index (Phi) is 9.61. The predicted octanol–water partition coefficient (Wildman–Crippen LogP) is 5.63. The van der Waals surface area contributed by atoms with E-state index in [2.05, 4.69) is 10.3 Å². The number of benzene rings is 3. The van der Waals surface area contributed by atoms with E-state index in [1.54, 1.807) is 25.3 Å². The van der Waals surface area contributed by atoms with Crippen LogP contribution in [-0.2, 0) is 29.1 Å². The number of ketones is 1. The molecule has 0 unspecified atom stereocenters. The number of nitriles is 1. The first-order valence-corrected chi connectivity index (χ1v) is 14.4. The van der Waals surface area contributed by atoms with Crippen LogP contribution in [-0.4, -0.2) is 46.0 Å². The van der Waals surface area contributed by atoms with Crippen molar-refractivity contribution in [3.8, 4) is 23.2 Å². The van der Waals surface area contributed by atoms with Crippen molar-refractivity contribution >= 4 is 22.7 Å². The highest BCUT2D eigenvalue weighted by Crippen LogP contribution is 2.25. The fraction of sp³-hybridized carbons (Fsp3) is 0.229. The van der Waals surface area contributed by atoms with Gasteiger partial charge in [0.2, 0.25) is 11.8 Å². The Bertz CT molecular complexity index is 1900. The number of nitrogens with one attached hydrogen (secondary N) is 1. The van der Waals surface area contributed by atoms with E-state index < -0.39 is 5.82 Å². The maximum atomic E-state index is 14.3. The van der Waals surface area contributed by atoms with Crippen molar-refractivity contribution in [3.63, 3.8) is 0 Å². The second-order valence-corrected chi connectivity index (χ2v) is 10.6. The number of rotatable bonds is 12. The van der Waals surface area contributed by atoms with Gasteiger partial charge in [-0.15, -0.1) is 0 Å². The number of carbonyl (C=O) groups excluding carboxylic acids is 2. The highest BCUT2D eigenvalue weighted by atomic mass is 19.1. The van der Waals surface area contributed by atoms with Gasteiger partial charge in [-0.1, -0.05) is 36.4 Å². The largest absolute Gasteiger partial charge is 0.473 e. The van der Waals surface area contributed by atoms with Gasteiger partial charge in [0.25, 0.3) is 0 Å². The molecule has 1 N–H and O–H groups in total. The fourth-order valence-corrected chi connectivity index (χ4v) is 4.93. The Balaban J connectivity index is 1.35. The van der Waals surface area contributed by atoms with Gasteiger partial charge >= 0.3 is 0 Å². The minimum Gasteiger partial charge on any atom is -0.473 e. The van der Waals surface area contributed by atoms with Gasteiger partial charge in [0.1, 0.15) is 18.2 Å². The summed E-state index contributed by atoms with van der Waals surface area (Å²) in [6.07, 6.45) is 0.218. The molecule has 0 bridgehead atoms. The molecule has 0 saturated heterocycles. The summed E-state index contributed by atoms with van der Waals surface area (Å²) in [4.78, 5) is 33.1. The van der Waals surface area contributed by atoms with Crippen LogP contribution in [0.5, 0.6) is 5.88 Å². The third-order valence-electron chi connectivity index (χ3n) is 7.43. The zero-order chi connectivity index (χ0) is 31.9. The minimum absolute atomic E-state index is 0.0173. The number of hydrogen-bond donors (Lipinski definition) is 1. The first-order chi connectivity index (χ1) is 21.7. The SMILES string of the molecule is CO[C@H](CNC(C)=O)Cn1c(Cc2ccc(-c3cccc(OCc4ccc(C#N)cc4F)n3)cc2)nc2ccc(C(C)=O)cc21. The molecule has 0 radical (unpaired) electrons. The average molecular weight is 606 g/mol. The molecule has 0 aliphatic heterocycles. The Morgan fingerprint density at radius 3 is 2.51 bits per heavy atom. The highest BCUT2D eigenvalue weighted by molar-refractivity contribution is 5.97. The topological polar surface area (TPSA) is 119 Å². The zero-order valence-corrected chi connectivity index (χ0v) is 25.2. The number of hydrogen-bond acceptors (Lipinski definition) is 7. The molecule has 9 nitrogen and oxygen atoms in total. The molecule has 5 rings (SSSR count). The van der Waals surface area contributed by atoms with E-state index in [1.165, 1.54) is 26.0 Å². The van der Waals surface area contributed by atoms with Gasteiger partial charge in [-0.05, 0) is 48.9 Å². The third-order valence-corrected chi connectivity index (χ3v) is 7.43. The first-order valence-electron chi connectivity index (χ1n) is 14.4. The number of pyridine rings is 1. The lowest BCUT2D eigenvalue weighted by atomic mass is 10.1. The second kappa shape index (κ2) is 13.9. The van der Waals surface area contributed by atoms with Crippen molar-refractivity contribution in [2.45, 2.75) is 39.5 Å². The normalized spacial score (nSPS) is 11.6. The van der Waals surface area contributed by atoms with Crippen LogP contribution < -0.4 is 10.1 Å². The van der Waals surface area contributed by atoms with Gasteiger partial charge in [-0.2, -0.15) is 5.26 Å². The molecular weight excluding hydrogens is 573 g/mol. The number of halogens is 1. The lowest BCUT2D eigenvalue weighted by molar-refractivity contribution is -0.119. The molecule has 1 amide bonds. The van der Waals surface area contributed by atoms with E-state index in [9.17, 15) is 14.0 Å². The van der Waals surface area contributed by atoms with Crippen molar-refractivity contribution in [1.82, 2.24) is 19.9 Å². The number of nitrogens with zero attached hydrogens (tertiary/aromatic N) is 4. The lowest BCUT2D eigenvalue weighted by Crippen LogP contribution is -2.34. The molecule has 10 heteroatoms. The quantitative estimate of drug-likeness (QED) is 0.183. The molecular formula is C35H32FN5O4. The Morgan fingerprint density at radius 2 is 1.82 bits per heavy atom. The summed E-state index contributed by atoms with van der Waals surface area (Å²) in [7, 11) is 1.60. The van der Waals surface area contributed by atoms with Crippen LogP contribution in [0.3, 0.4) is 0 Å². The van der Waals surface area contributed by atoms with Crippen LogP contribution in [0.4, 0.5) is 4.39 Å². The summed E-state index contributed by atoms with van der Waals surface area (Å²) < 4.78 is 27.7. The number of carbonyl (C=O) groups is 2. The number of ether oxygens (including phenoxy) is 2. The summed E-state index contributed by atoms with van der Waals surface area (Å²) in [5.74, 6) is 0.475. The number of amides is 1. The van der Waals surface area contributed by atoms with Crippen molar-refractivity contribution in [2.75, 3.05) is 13.7 Å². The Hall–Kier alpha value is -5.40. The van der Waals surface area contributed by atoms with Crippen LogP contribution in [0.2, 0.25) is 0 Å². The molecule has 5 aromatic rings. The highest BCUT2D eigenvalue weighted by Gasteiger charge is 2.18. The molecule has 0 saturated carbocycles. The van der Waals surface area contributed by atoms with Gasteiger partial charge in [0, 0.05) is 49.8 Å². The number of fused-ring (bicyclic) bond motifs is 1. The molecule has 2 heterocycles. The van der Waals surface area contributed by atoms with Crippen LogP contribution >= 0.6 is 0 Å². The maximum Gasteiger partial charge on any atom is 0.216 e. The number of aromatic nitrogens is 3. The molecule has 0 fully saturated rings. The van der Waals surface area contributed by atoms with Crippen LogP contribution in [0.25, 0.3) is 22.3 Å². The standard InChI is InChI=1S/C35H32FN5O4/c1-22(42)27-13-14-32-33(17-27)41(20-29(44-3)19-38-23(2)43)34(39-32)16-24-7-10-26(11-8-24)31-5-4-6-35(40-31)45-21-28-12-9-25(18-37)15-30(28)36/h4-15,17,29H,16,19-21H2,1-3H3,(H,38,43)/t29-/m1/s1. The first kappa shape index (κ1) is 31.0. The van der Waals surface area contributed by atoms with E-state index in [-0.39, 0.29) is 30.0 Å². The van der Waals surface area contributed by atoms with Crippen LogP contribution in [0.15, 0.2) is 78.9 Å². The summed E-state index contributed by atoms with van der Waals surface area (Å²) in [6, 6.07) is 25.0. The zero-order valence-electron chi connectivity index (χ0n) is 25.2. The Morgan fingerprint density at radius 1 is 1.02 bits per heavy atom. The monoisotopic (exact) mass is 605 g/mol. The van der Waals surface area contributed by atoms with E-state index in [0.29, 0.717) is 42.2 Å². The van der Waals surface area contributed by atoms with Gasteiger partial charge in [-0.3, -0.25) is 9.59 Å². The van der Waals surface area contributed by atoms with Crippen LogP contribution in [0.1, 0.15) is 46.7 Å².